The van der Waals surface area contributed by atoms with E-state index in [0.717, 1.165) is 11.1 Å². The Balaban J connectivity index is 1.89. The summed E-state index contributed by atoms with van der Waals surface area (Å²) in [4.78, 5) is 38.9. The quantitative estimate of drug-likeness (QED) is 0.690. The number of aryl methyl sites for hydroxylation is 2. The number of amides is 2. The van der Waals surface area contributed by atoms with E-state index in [1.54, 1.807) is 6.92 Å². The molecule has 0 radical (unpaired) electrons. The third-order valence-corrected chi connectivity index (χ3v) is 4.83. The summed E-state index contributed by atoms with van der Waals surface area (Å²) < 4.78 is 18.1. The largest absolute Gasteiger partial charge is 0.466 e. The van der Waals surface area contributed by atoms with Gasteiger partial charge in [-0.05, 0) is 68.3 Å². The number of esters is 1. The normalized spacial score (nSPS) is 13.0. The van der Waals surface area contributed by atoms with Crippen molar-refractivity contribution in [2.75, 3.05) is 28.7 Å². The average Bonchev–Trinajstić information content (AvgIpc) is 2.81. The number of ether oxygens (including phenoxy) is 1. The third-order valence-electron chi connectivity index (χ3n) is 4.83. The summed E-state index contributed by atoms with van der Waals surface area (Å²) in [6, 6.07) is 9.05. The van der Waals surface area contributed by atoms with Crippen LogP contribution < -0.4 is 15.5 Å². The van der Waals surface area contributed by atoms with E-state index in [2.05, 4.69) is 10.6 Å². The van der Waals surface area contributed by atoms with Crippen LogP contribution in [0, 0.1) is 19.7 Å². The third kappa shape index (κ3) is 5.48. The molecule has 0 spiro atoms. The zero-order valence-electron chi connectivity index (χ0n) is 17.6. The molecule has 0 aliphatic carbocycles. The molecule has 2 aromatic carbocycles. The summed E-state index contributed by atoms with van der Waals surface area (Å²) in [5.74, 6) is -1.75. The van der Waals surface area contributed by atoms with E-state index >= 15 is 0 Å². The van der Waals surface area contributed by atoms with Crippen LogP contribution in [-0.4, -0.2) is 30.9 Å². The van der Waals surface area contributed by atoms with Gasteiger partial charge in [0.15, 0.2) is 0 Å². The molecule has 1 aliphatic rings. The molecule has 7 nitrogen and oxygen atoms in total. The van der Waals surface area contributed by atoms with Crippen LogP contribution >= 0.6 is 0 Å². The summed E-state index contributed by atoms with van der Waals surface area (Å²) in [6.07, 6.45) is 1.20. The molecule has 162 valence electrons. The van der Waals surface area contributed by atoms with Gasteiger partial charge in [-0.1, -0.05) is 0 Å². The number of hydrogen-bond donors (Lipinski definition) is 2. The van der Waals surface area contributed by atoms with Gasteiger partial charge in [-0.15, -0.1) is 0 Å². The van der Waals surface area contributed by atoms with E-state index in [0.29, 0.717) is 22.8 Å². The first-order valence-corrected chi connectivity index (χ1v) is 9.88. The van der Waals surface area contributed by atoms with Gasteiger partial charge in [0.25, 0.3) is 5.91 Å². The number of halogens is 1. The van der Waals surface area contributed by atoms with Crippen molar-refractivity contribution in [3.63, 3.8) is 0 Å². The lowest BCUT2D eigenvalue weighted by Crippen LogP contribution is -2.37. The van der Waals surface area contributed by atoms with E-state index in [1.165, 1.54) is 35.2 Å². The number of carbonyl (C=O) groups excluding carboxylic acids is 3. The zero-order valence-corrected chi connectivity index (χ0v) is 17.6. The number of carbonyl (C=O) groups is 3. The first-order chi connectivity index (χ1) is 14.8. The molecule has 2 aromatic rings. The fourth-order valence-electron chi connectivity index (χ4n) is 3.18. The van der Waals surface area contributed by atoms with Crippen LogP contribution in [-0.2, 0) is 19.1 Å². The maximum absolute atomic E-state index is 13.1. The minimum Gasteiger partial charge on any atom is -0.466 e. The molecule has 1 heterocycles. The highest BCUT2D eigenvalue weighted by Gasteiger charge is 2.26. The second-order valence-electron chi connectivity index (χ2n) is 7.21. The standard InChI is InChI=1S/C23H24FN3O4/c1-4-31-23(30)12-18-11-22(29)27(20-10-15(3)14(2)9-19(20)25-18)13-21(28)26-17-7-5-16(24)6-8-17/h5-11,25H,4,12-13H2,1-3H3,(H,26,28). The van der Waals surface area contributed by atoms with Crippen molar-refractivity contribution in [3.8, 4) is 0 Å². The monoisotopic (exact) mass is 425 g/mol. The average molecular weight is 425 g/mol. The predicted molar refractivity (Wildman–Crippen MR) is 116 cm³/mol. The summed E-state index contributed by atoms with van der Waals surface area (Å²) >= 11 is 0. The Labute approximate surface area is 179 Å². The Morgan fingerprint density at radius 3 is 2.48 bits per heavy atom. The molecule has 31 heavy (non-hydrogen) atoms. The van der Waals surface area contributed by atoms with Crippen molar-refractivity contribution in [1.29, 1.82) is 0 Å². The number of fused-ring (bicyclic) bond motifs is 1. The fourth-order valence-corrected chi connectivity index (χ4v) is 3.18. The van der Waals surface area contributed by atoms with E-state index in [9.17, 15) is 18.8 Å². The molecule has 0 aromatic heterocycles. The van der Waals surface area contributed by atoms with Gasteiger partial charge >= 0.3 is 5.97 Å². The van der Waals surface area contributed by atoms with Crippen molar-refractivity contribution in [1.82, 2.24) is 0 Å². The highest BCUT2D eigenvalue weighted by Crippen LogP contribution is 2.33. The summed E-state index contributed by atoms with van der Waals surface area (Å²) in [5.41, 5.74) is 3.88. The first-order valence-electron chi connectivity index (χ1n) is 9.88. The minimum atomic E-state index is -0.457. The van der Waals surface area contributed by atoms with Gasteiger partial charge in [0.2, 0.25) is 5.91 Å². The number of anilines is 3. The molecule has 1 aliphatic heterocycles. The number of nitrogens with zero attached hydrogens (tertiary/aromatic N) is 1. The molecule has 3 rings (SSSR count). The Morgan fingerprint density at radius 1 is 1.13 bits per heavy atom. The van der Waals surface area contributed by atoms with Gasteiger partial charge in [0, 0.05) is 17.5 Å². The summed E-state index contributed by atoms with van der Waals surface area (Å²) in [5, 5.41) is 5.79. The van der Waals surface area contributed by atoms with Gasteiger partial charge in [-0.3, -0.25) is 19.3 Å². The molecule has 0 atom stereocenters. The highest BCUT2D eigenvalue weighted by atomic mass is 19.1. The van der Waals surface area contributed by atoms with E-state index in [1.807, 2.05) is 26.0 Å². The zero-order chi connectivity index (χ0) is 22.5. The number of hydrogen-bond acceptors (Lipinski definition) is 5. The van der Waals surface area contributed by atoms with Crippen LogP contribution in [0.2, 0.25) is 0 Å². The van der Waals surface area contributed by atoms with Crippen molar-refractivity contribution in [2.45, 2.75) is 27.2 Å². The Bertz CT molecular complexity index is 1050. The Morgan fingerprint density at radius 2 is 1.81 bits per heavy atom. The van der Waals surface area contributed by atoms with Crippen molar-refractivity contribution < 1.29 is 23.5 Å². The lowest BCUT2D eigenvalue weighted by Gasteiger charge is -2.23. The minimum absolute atomic E-state index is 0.0957. The SMILES string of the molecule is CCOC(=O)CC1=CC(=O)N(CC(=O)Nc2ccc(F)cc2)c2cc(C)c(C)cc2N1. The molecule has 0 saturated carbocycles. The molecule has 2 amide bonds. The number of benzene rings is 2. The van der Waals surface area contributed by atoms with E-state index in [-0.39, 0.29) is 19.6 Å². The maximum Gasteiger partial charge on any atom is 0.311 e. The van der Waals surface area contributed by atoms with Crippen LogP contribution in [0.1, 0.15) is 24.5 Å². The van der Waals surface area contributed by atoms with Gasteiger partial charge in [-0.25, -0.2) is 4.39 Å². The van der Waals surface area contributed by atoms with Crippen molar-refractivity contribution >= 4 is 34.8 Å². The van der Waals surface area contributed by atoms with Crippen molar-refractivity contribution in [2.24, 2.45) is 0 Å². The van der Waals surface area contributed by atoms with Crippen LogP contribution in [0.25, 0.3) is 0 Å². The van der Waals surface area contributed by atoms with E-state index < -0.39 is 23.6 Å². The molecule has 0 fully saturated rings. The fraction of sp³-hybridized carbons (Fsp3) is 0.261. The van der Waals surface area contributed by atoms with Crippen molar-refractivity contribution in [3.05, 3.63) is 65.1 Å². The van der Waals surface area contributed by atoms with Gasteiger partial charge in [-0.2, -0.15) is 0 Å². The molecule has 8 heteroatoms. The van der Waals surface area contributed by atoms with Crippen LogP contribution in [0.4, 0.5) is 21.5 Å². The lowest BCUT2D eigenvalue weighted by molar-refractivity contribution is -0.142. The van der Waals surface area contributed by atoms with Gasteiger partial charge in [0.05, 0.1) is 24.4 Å². The summed E-state index contributed by atoms with van der Waals surface area (Å²) in [6.45, 7) is 5.54. The Kier molecular flexibility index (Phi) is 6.69. The second kappa shape index (κ2) is 9.42. The topological polar surface area (TPSA) is 87.7 Å². The Hall–Kier alpha value is -3.68. The van der Waals surface area contributed by atoms with Gasteiger partial charge in [0.1, 0.15) is 12.4 Å². The smallest absolute Gasteiger partial charge is 0.311 e. The first kappa shape index (κ1) is 22.0. The molecule has 0 bridgehead atoms. The second-order valence-corrected chi connectivity index (χ2v) is 7.21. The number of rotatable bonds is 6. The molecular weight excluding hydrogens is 401 g/mol. The molecular formula is C23H24FN3O4. The highest BCUT2D eigenvalue weighted by molar-refractivity contribution is 6.10. The molecule has 0 saturated heterocycles. The lowest BCUT2D eigenvalue weighted by atomic mass is 10.1. The predicted octanol–water partition coefficient (Wildman–Crippen LogP) is 3.68. The van der Waals surface area contributed by atoms with Crippen LogP contribution in [0.3, 0.4) is 0 Å². The maximum atomic E-state index is 13.1. The summed E-state index contributed by atoms with van der Waals surface area (Å²) in [7, 11) is 0. The molecule has 0 unspecified atom stereocenters. The van der Waals surface area contributed by atoms with E-state index in [4.69, 9.17) is 4.74 Å². The molecule has 2 N–H and O–H groups in total. The van der Waals surface area contributed by atoms with Gasteiger partial charge < -0.3 is 15.4 Å². The van der Waals surface area contributed by atoms with Crippen LogP contribution in [0.15, 0.2) is 48.2 Å². The van der Waals surface area contributed by atoms with Crippen LogP contribution in [0.5, 0.6) is 0 Å². The number of nitrogens with one attached hydrogen (secondary N) is 2.